The Morgan fingerprint density at radius 1 is 1.06 bits per heavy atom. The molecule has 0 fully saturated rings. The van der Waals surface area contributed by atoms with Crippen molar-refractivity contribution in [3.63, 3.8) is 0 Å². The molecule has 1 aromatic carbocycles. The molecule has 0 saturated heterocycles. The summed E-state index contributed by atoms with van der Waals surface area (Å²) < 4.78 is 5.67. The first-order valence-electron chi connectivity index (χ1n) is 11.6. The van der Waals surface area contributed by atoms with Gasteiger partial charge in [0.05, 0.1) is 6.54 Å². The highest BCUT2D eigenvalue weighted by atomic mass is 16.3. The van der Waals surface area contributed by atoms with Crippen LogP contribution in [0.5, 0.6) is 0 Å². The summed E-state index contributed by atoms with van der Waals surface area (Å²) in [6, 6.07) is 12.9. The smallest absolute Gasteiger partial charge is 0.273 e. The number of carbonyl (C=O) groups is 1. The van der Waals surface area contributed by atoms with Gasteiger partial charge in [0, 0.05) is 31.5 Å². The van der Waals surface area contributed by atoms with Crippen LogP contribution in [-0.4, -0.2) is 26.8 Å². The standard InChI is InChI=1S/C27H36N4O2/c1-19(2)20(3)31(16-21-9-11-23(12-10-21)27(4,5)6)17-25-30-24(18-33-25)26(32)29-15-22-8-7-13-28-14-22/h7-14,18-20H,15-17H2,1-6H3,(H,29,32). The number of hydrogen-bond donors (Lipinski definition) is 1. The highest BCUT2D eigenvalue weighted by Gasteiger charge is 2.22. The molecule has 1 atom stereocenters. The zero-order chi connectivity index (χ0) is 24.0. The Morgan fingerprint density at radius 3 is 2.39 bits per heavy atom. The third-order valence-electron chi connectivity index (χ3n) is 6.04. The first kappa shape index (κ1) is 24.6. The summed E-state index contributed by atoms with van der Waals surface area (Å²) >= 11 is 0. The zero-order valence-electron chi connectivity index (χ0n) is 20.6. The SMILES string of the molecule is CC(C)C(C)N(Cc1ccc(C(C)(C)C)cc1)Cc1nc(C(=O)NCc2cccnc2)co1. The molecule has 1 N–H and O–H groups in total. The van der Waals surface area contributed by atoms with E-state index in [1.165, 1.54) is 17.4 Å². The van der Waals surface area contributed by atoms with Crippen LogP contribution in [0.15, 0.2) is 59.5 Å². The lowest BCUT2D eigenvalue weighted by Gasteiger charge is -2.31. The Balaban J connectivity index is 1.67. The van der Waals surface area contributed by atoms with Gasteiger partial charge in [-0.05, 0) is 41.0 Å². The molecule has 2 heterocycles. The van der Waals surface area contributed by atoms with Crippen LogP contribution in [0, 0.1) is 5.92 Å². The van der Waals surface area contributed by atoms with Gasteiger partial charge in [0.15, 0.2) is 5.69 Å². The quantitative estimate of drug-likeness (QED) is 0.478. The second-order valence-corrected chi connectivity index (χ2v) is 10.0. The highest BCUT2D eigenvalue weighted by Crippen LogP contribution is 2.24. The van der Waals surface area contributed by atoms with Crippen LogP contribution in [0.2, 0.25) is 0 Å². The van der Waals surface area contributed by atoms with Crippen LogP contribution < -0.4 is 5.32 Å². The summed E-state index contributed by atoms with van der Waals surface area (Å²) in [6.07, 6.45) is 4.87. The van der Waals surface area contributed by atoms with Crippen LogP contribution >= 0.6 is 0 Å². The average molecular weight is 449 g/mol. The predicted octanol–water partition coefficient (Wildman–Crippen LogP) is 5.34. The molecule has 0 bridgehead atoms. The largest absolute Gasteiger partial charge is 0.447 e. The van der Waals surface area contributed by atoms with Crippen LogP contribution in [0.25, 0.3) is 0 Å². The van der Waals surface area contributed by atoms with Crippen molar-refractivity contribution < 1.29 is 9.21 Å². The minimum atomic E-state index is -0.255. The molecule has 0 spiro atoms. The van der Waals surface area contributed by atoms with Gasteiger partial charge < -0.3 is 9.73 Å². The van der Waals surface area contributed by atoms with E-state index in [9.17, 15) is 4.79 Å². The van der Waals surface area contributed by atoms with Gasteiger partial charge in [-0.2, -0.15) is 0 Å². The van der Waals surface area contributed by atoms with E-state index in [1.54, 1.807) is 12.4 Å². The van der Waals surface area contributed by atoms with E-state index in [0.29, 0.717) is 36.6 Å². The Hall–Kier alpha value is -2.99. The molecule has 0 aliphatic rings. The van der Waals surface area contributed by atoms with E-state index in [-0.39, 0.29) is 11.3 Å². The molecule has 3 rings (SSSR count). The van der Waals surface area contributed by atoms with Gasteiger partial charge in [-0.3, -0.25) is 14.7 Å². The van der Waals surface area contributed by atoms with Crippen molar-refractivity contribution in [1.29, 1.82) is 0 Å². The topological polar surface area (TPSA) is 71.3 Å². The van der Waals surface area contributed by atoms with Crippen molar-refractivity contribution in [2.75, 3.05) is 0 Å². The number of nitrogens with zero attached hydrogens (tertiary/aromatic N) is 3. The maximum atomic E-state index is 12.5. The Labute approximate surface area is 197 Å². The maximum absolute atomic E-state index is 12.5. The Morgan fingerprint density at radius 2 is 1.79 bits per heavy atom. The van der Waals surface area contributed by atoms with Crippen LogP contribution in [-0.2, 0) is 25.0 Å². The van der Waals surface area contributed by atoms with Gasteiger partial charge in [-0.1, -0.05) is 65.0 Å². The fourth-order valence-corrected chi connectivity index (χ4v) is 3.55. The average Bonchev–Trinajstić information content (AvgIpc) is 3.25. The molecule has 176 valence electrons. The minimum absolute atomic E-state index is 0.134. The van der Waals surface area contributed by atoms with Gasteiger partial charge in [0.2, 0.25) is 5.89 Å². The molecular formula is C27H36N4O2. The summed E-state index contributed by atoms with van der Waals surface area (Å²) in [7, 11) is 0. The Kier molecular flexibility index (Phi) is 8.03. The molecule has 6 nitrogen and oxygen atoms in total. The lowest BCUT2D eigenvalue weighted by molar-refractivity contribution is 0.0945. The maximum Gasteiger partial charge on any atom is 0.273 e. The zero-order valence-corrected chi connectivity index (χ0v) is 20.6. The highest BCUT2D eigenvalue weighted by molar-refractivity contribution is 5.91. The van der Waals surface area contributed by atoms with Crippen molar-refractivity contribution in [3.05, 3.63) is 83.3 Å². The molecule has 0 aliphatic carbocycles. The lowest BCUT2D eigenvalue weighted by atomic mass is 9.86. The molecule has 3 aromatic rings. The second kappa shape index (κ2) is 10.8. The van der Waals surface area contributed by atoms with Crippen LogP contribution in [0.4, 0.5) is 0 Å². The van der Waals surface area contributed by atoms with Gasteiger partial charge >= 0.3 is 0 Å². The summed E-state index contributed by atoms with van der Waals surface area (Å²) in [5.41, 5.74) is 3.93. The fraction of sp³-hybridized carbons (Fsp3) is 0.444. The first-order chi connectivity index (χ1) is 15.6. The third-order valence-corrected chi connectivity index (χ3v) is 6.04. The number of aromatic nitrogens is 2. The predicted molar refractivity (Wildman–Crippen MR) is 131 cm³/mol. The summed E-state index contributed by atoms with van der Waals surface area (Å²) in [4.78, 5) is 23.4. The lowest BCUT2D eigenvalue weighted by Crippen LogP contribution is -2.36. The molecule has 1 amide bonds. The monoisotopic (exact) mass is 448 g/mol. The number of hydrogen-bond acceptors (Lipinski definition) is 5. The number of amides is 1. The van der Waals surface area contributed by atoms with Gasteiger partial charge in [-0.25, -0.2) is 4.98 Å². The van der Waals surface area contributed by atoms with Crippen LogP contribution in [0.1, 0.15) is 74.6 Å². The molecule has 0 radical (unpaired) electrons. The summed E-state index contributed by atoms with van der Waals surface area (Å²) in [6.45, 7) is 15.0. The number of oxazole rings is 1. The normalized spacial score (nSPS) is 12.8. The molecular weight excluding hydrogens is 412 g/mol. The Bertz CT molecular complexity index is 1020. The second-order valence-electron chi connectivity index (χ2n) is 10.0. The van der Waals surface area contributed by atoms with Crippen molar-refractivity contribution >= 4 is 5.91 Å². The molecule has 1 unspecified atom stereocenters. The molecule has 0 saturated carbocycles. The van der Waals surface area contributed by atoms with E-state index in [1.807, 2.05) is 12.1 Å². The third kappa shape index (κ3) is 6.99. The van der Waals surface area contributed by atoms with Gasteiger partial charge in [-0.15, -0.1) is 0 Å². The molecule has 6 heteroatoms. The van der Waals surface area contributed by atoms with E-state index < -0.39 is 0 Å². The van der Waals surface area contributed by atoms with E-state index >= 15 is 0 Å². The van der Waals surface area contributed by atoms with E-state index in [4.69, 9.17) is 4.42 Å². The van der Waals surface area contributed by atoms with E-state index in [0.717, 1.165) is 12.1 Å². The number of nitrogens with one attached hydrogen (secondary N) is 1. The van der Waals surface area contributed by atoms with Crippen molar-refractivity contribution in [2.45, 2.75) is 72.6 Å². The number of pyridine rings is 1. The number of carbonyl (C=O) groups excluding carboxylic acids is 1. The van der Waals surface area contributed by atoms with Gasteiger partial charge in [0.25, 0.3) is 5.91 Å². The molecule has 0 aliphatic heterocycles. The number of rotatable bonds is 9. The van der Waals surface area contributed by atoms with Crippen molar-refractivity contribution in [2.24, 2.45) is 5.92 Å². The fourth-order valence-electron chi connectivity index (χ4n) is 3.55. The summed E-state index contributed by atoms with van der Waals surface area (Å²) in [5, 5.41) is 2.87. The van der Waals surface area contributed by atoms with Crippen molar-refractivity contribution in [1.82, 2.24) is 20.2 Å². The summed E-state index contributed by atoms with van der Waals surface area (Å²) in [5.74, 6) is 0.756. The van der Waals surface area contributed by atoms with E-state index in [2.05, 4.69) is 86.0 Å². The molecule has 33 heavy (non-hydrogen) atoms. The minimum Gasteiger partial charge on any atom is -0.447 e. The number of benzene rings is 1. The van der Waals surface area contributed by atoms with Crippen molar-refractivity contribution in [3.8, 4) is 0 Å². The molecule has 2 aromatic heterocycles. The first-order valence-corrected chi connectivity index (χ1v) is 11.6. The van der Waals surface area contributed by atoms with Gasteiger partial charge in [0.1, 0.15) is 6.26 Å². The van der Waals surface area contributed by atoms with Crippen LogP contribution in [0.3, 0.4) is 0 Å².